The molecule has 0 aliphatic heterocycles. The highest BCUT2D eigenvalue weighted by Gasteiger charge is 2.14. The predicted molar refractivity (Wildman–Crippen MR) is 133 cm³/mol. The number of hydrogen-bond acceptors (Lipinski definition) is 6. The molecule has 180 valence electrons. The third-order valence-electron chi connectivity index (χ3n) is 5.67. The lowest BCUT2D eigenvalue weighted by atomic mass is 10.0. The molecule has 2 N–H and O–H groups in total. The Bertz CT molecular complexity index is 1230. The number of hydrogen-bond donors (Lipinski definition) is 2. The summed E-state index contributed by atoms with van der Waals surface area (Å²) in [6.45, 7) is 9.50. The van der Waals surface area contributed by atoms with Crippen molar-refractivity contribution in [2.45, 2.75) is 40.7 Å². The zero-order valence-electron chi connectivity index (χ0n) is 20.1. The molecule has 0 aliphatic carbocycles. The number of carbonyl (C=O) groups excluding carboxylic acids is 2. The van der Waals surface area contributed by atoms with Crippen LogP contribution in [0.5, 0.6) is 0 Å². The molecule has 0 saturated heterocycles. The summed E-state index contributed by atoms with van der Waals surface area (Å²) in [5.74, 6) is -0.165. The number of nitrogens with one attached hydrogen (secondary N) is 2. The van der Waals surface area contributed by atoms with Crippen molar-refractivity contribution in [3.05, 3.63) is 69.6 Å². The molecule has 0 bridgehead atoms. The highest BCUT2D eigenvalue weighted by molar-refractivity contribution is 5.88. The van der Waals surface area contributed by atoms with Gasteiger partial charge in [-0.15, -0.1) is 0 Å². The normalized spacial score (nSPS) is 10.7. The number of amides is 2. The molecule has 0 saturated carbocycles. The number of fused-ring (bicyclic) bond motifs is 1. The molecule has 1 aromatic heterocycles. The smallest absolute Gasteiger partial charge is 0.407 e. The van der Waals surface area contributed by atoms with Crippen LogP contribution in [0.4, 0.5) is 16.2 Å². The number of aryl methyl sites for hydroxylation is 1. The average Bonchev–Trinajstić information content (AvgIpc) is 2.80. The summed E-state index contributed by atoms with van der Waals surface area (Å²) in [7, 11) is 0. The van der Waals surface area contributed by atoms with Crippen LogP contribution in [0, 0.1) is 6.92 Å². The quantitative estimate of drug-likeness (QED) is 0.455. The number of anilines is 2. The van der Waals surface area contributed by atoms with Crippen LogP contribution in [-0.4, -0.2) is 31.7 Å². The van der Waals surface area contributed by atoms with Crippen LogP contribution in [0.1, 0.15) is 37.5 Å². The molecule has 0 atom stereocenters. The number of nitrogens with zero attached hydrogens (tertiary/aromatic N) is 1. The molecule has 0 radical (unpaired) electrons. The summed E-state index contributed by atoms with van der Waals surface area (Å²) in [6, 6.07) is 13.1. The van der Waals surface area contributed by atoms with Crippen LogP contribution >= 0.6 is 0 Å². The second-order valence-corrected chi connectivity index (χ2v) is 7.97. The number of alkyl carbamates (subject to hydrolysis) is 1. The Morgan fingerprint density at radius 1 is 1.09 bits per heavy atom. The van der Waals surface area contributed by atoms with E-state index in [1.165, 1.54) is 6.92 Å². The first-order valence-corrected chi connectivity index (χ1v) is 11.4. The second-order valence-electron chi connectivity index (χ2n) is 7.97. The molecule has 2 aromatic carbocycles. The summed E-state index contributed by atoms with van der Waals surface area (Å²) in [6.07, 6.45) is -0.329. The molecule has 2 amide bonds. The van der Waals surface area contributed by atoms with Gasteiger partial charge in [-0.2, -0.15) is 0 Å². The van der Waals surface area contributed by atoms with Gasteiger partial charge in [-0.3, -0.25) is 4.79 Å². The van der Waals surface area contributed by atoms with Crippen molar-refractivity contribution in [1.82, 2.24) is 5.32 Å². The van der Waals surface area contributed by atoms with Crippen molar-refractivity contribution in [3.63, 3.8) is 0 Å². The average molecular weight is 466 g/mol. The first kappa shape index (κ1) is 24.8. The second kappa shape index (κ2) is 11.4. The van der Waals surface area contributed by atoms with Crippen LogP contribution in [0.25, 0.3) is 11.0 Å². The molecule has 0 aliphatic rings. The number of benzene rings is 2. The molecule has 8 nitrogen and oxygen atoms in total. The molecular weight excluding hydrogens is 434 g/mol. The first-order chi connectivity index (χ1) is 16.3. The summed E-state index contributed by atoms with van der Waals surface area (Å²) >= 11 is 0. The zero-order chi connectivity index (χ0) is 24.7. The molecule has 3 aromatic rings. The van der Waals surface area contributed by atoms with Gasteiger partial charge in [-0.05, 0) is 56.2 Å². The summed E-state index contributed by atoms with van der Waals surface area (Å²) in [5.41, 5.74) is 3.95. The van der Waals surface area contributed by atoms with E-state index in [0.717, 1.165) is 35.3 Å². The van der Waals surface area contributed by atoms with E-state index in [4.69, 9.17) is 9.15 Å². The van der Waals surface area contributed by atoms with Crippen molar-refractivity contribution >= 4 is 34.3 Å². The van der Waals surface area contributed by atoms with Gasteiger partial charge >= 0.3 is 11.7 Å². The van der Waals surface area contributed by atoms with Gasteiger partial charge in [0, 0.05) is 61.4 Å². The zero-order valence-corrected chi connectivity index (χ0v) is 20.1. The molecular formula is C26H31N3O5. The minimum absolute atomic E-state index is 0.0480. The van der Waals surface area contributed by atoms with E-state index in [1.807, 2.05) is 31.2 Å². The van der Waals surface area contributed by atoms with Crippen LogP contribution in [-0.2, 0) is 22.5 Å². The highest BCUT2D eigenvalue weighted by Crippen LogP contribution is 2.25. The van der Waals surface area contributed by atoms with E-state index in [0.29, 0.717) is 16.8 Å². The lowest BCUT2D eigenvalue weighted by molar-refractivity contribution is -0.114. The largest absolute Gasteiger partial charge is 0.449 e. The number of carbonyl (C=O) groups is 2. The lowest BCUT2D eigenvalue weighted by Gasteiger charge is -2.21. The van der Waals surface area contributed by atoms with Crippen molar-refractivity contribution in [2.75, 3.05) is 29.9 Å². The standard InChI is InChI=1S/C26H31N3O5/c1-5-29(6-2)21-10-11-22-17(3)23(25(31)34-24(22)15-21)12-13-33-26(32)27-16-19-8-7-9-20(14-19)28-18(4)30/h7-11,14-15H,5-6,12-13,16H2,1-4H3,(H,27,32)(H,28,30). The van der Waals surface area contributed by atoms with E-state index < -0.39 is 11.7 Å². The molecule has 1 heterocycles. The predicted octanol–water partition coefficient (Wildman–Crippen LogP) is 4.37. The number of ether oxygens (including phenoxy) is 1. The topological polar surface area (TPSA) is 101 Å². The fraction of sp³-hybridized carbons (Fsp3) is 0.346. The molecule has 0 spiro atoms. The maximum Gasteiger partial charge on any atom is 0.407 e. The third kappa shape index (κ3) is 6.15. The minimum atomic E-state index is -0.586. The van der Waals surface area contributed by atoms with E-state index in [9.17, 15) is 14.4 Å². The lowest BCUT2D eigenvalue weighted by Crippen LogP contribution is -2.25. The summed E-state index contributed by atoms with van der Waals surface area (Å²) in [5, 5.41) is 6.24. The van der Waals surface area contributed by atoms with Gasteiger partial charge in [0.25, 0.3) is 0 Å². The molecule has 3 rings (SSSR count). The van der Waals surface area contributed by atoms with Crippen molar-refractivity contribution < 1.29 is 18.7 Å². The molecule has 0 fully saturated rings. The molecule has 0 unspecified atom stereocenters. The maximum atomic E-state index is 12.6. The Labute approximate surface area is 198 Å². The SMILES string of the molecule is CCN(CC)c1ccc2c(C)c(CCOC(=O)NCc3cccc(NC(C)=O)c3)c(=O)oc2c1. The molecule has 8 heteroatoms. The van der Waals surface area contributed by atoms with E-state index in [1.54, 1.807) is 18.2 Å². The maximum absolute atomic E-state index is 12.6. The Morgan fingerprint density at radius 3 is 2.56 bits per heavy atom. The fourth-order valence-corrected chi connectivity index (χ4v) is 3.89. The first-order valence-electron chi connectivity index (χ1n) is 11.4. The van der Waals surface area contributed by atoms with Gasteiger partial charge in [0.2, 0.25) is 5.91 Å². The Hall–Kier alpha value is -3.81. The van der Waals surface area contributed by atoms with Gasteiger partial charge < -0.3 is 24.7 Å². The highest BCUT2D eigenvalue weighted by atomic mass is 16.5. The summed E-state index contributed by atoms with van der Waals surface area (Å²) < 4.78 is 10.8. The van der Waals surface area contributed by atoms with Crippen molar-refractivity contribution in [1.29, 1.82) is 0 Å². The third-order valence-corrected chi connectivity index (χ3v) is 5.67. The van der Waals surface area contributed by atoms with Crippen molar-refractivity contribution in [3.8, 4) is 0 Å². The van der Waals surface area contributed by atoms with Gasteiger partial charge in [-0.1, -0.05) is 12.1 Å². The number of rotatable bonds is 9. The fourth-order valence-electron chi connectivity index (χ4n) is 3.89. The van der Waals surface area contributed by atoms with Crippen LogP contribution in [0.2, 0.25) is 0 Å². The van der Waals surface area contributed by atoms with E-state index in [-0.39, 0.29) is 25.5 Å². The van der Waals surface area contributed by atoms with Gasteiger partial charge in [0.05, 0.1) is 6.61 Å². The Kier molecular flexibility index (Phi) is 8.29. The van der Waals surface area contributed by atoms with Gasteiger partial charge in [0.15, 0.2) is 0 Å². The van der Waals surface area contributed by atoms with Gasteiger partial charge in [-0.25, -0.2) is 9.59 Å². The van der Waals surface area contributed by atoms with Gasteiger partial charge in [0.1, 0.15) is 5.58 Å². The van der Waals surface area contributed by atoms with Crippen LogP contribution in [0.15, 0.2) is 51.7 Å². The monoisotopic (exact) mass is 465 g/mol. The van der Waals surface area contributed by atoms with Crippen LogP contribution < -0.4 is 21.2 Å². The Balaban J connectivity index is 1.60. The summed E-state index contributed by atoms with van der Waals surface area (Å²) in [4.78, 5) is 38.1. The van der Waals surface area contributed by atoms with E-state index >= 15 is 0 Å². The van der Waals surface area contributed by atoms with E-state index in [2.05, 4.69) is 29.4 Å². The van der Waals surface area contributed by atoms with Crippen LogP contribution in [0.3, 0.4) is 0 Å². The van der Waals surface area contributed by atoms with Crippen molar-refractivity contribution in [2.24, 2.45) is 0 Å². The minimum Gasteiger partial charge on any atom is -0.449 e. The molecule has 34 heavy (non-hydrogen) atoms. The Morgan fingerprint density at radius 2 is 1.85 bits per heavy atom.